The summed E-state index contributed by atoms with van der Waals surface area (Å²) in [5, 5.41) is 19.0. The van der Waals surface area contributed by atoms with E-state index >= 15 is 0 Å². The van der Waals surface area contributed by atoms with Crippen molar-refractivity contribution in [1.29, 1.82) is 0 Å². The second-order valence-electron chi connectivity index (χ2n) is 6.26. The maximum absolute atomic E-state index is 12.8. The molecule has 1 heterocycles. The maximum atomic E-state index is 12.8. The molecule has 1 fully saturated rings. The standard InChI is InChI=1S/C17H25NO4S/c1-12(19)16(21)23-14-6-4-13(5-7-14)15(20)17(2,3)18-8-10-22-11-9-18/h4-7,12,16,19,21H,8-11H2,1-3H3. The third kappa shape index (κ3) is 4.55. The lowest BCUT2D eigenvalue weighted by atomic mass is 9.91. The molecule has 0 aromatic heterocycles. The fourth-order valence-electron chi connectivity index (χ4n) is 2.54. The van der Waals surface area contributed by atoms with Crippen molar-refractivity contribution in [3.63, 3.8) is 0 Å². The van der Waals surface area contributed by atoms with Crippen LogP contribution in [0.5, 0.6) is 0 Å². The Morgan fingerprint density at radius 3 is 2.30 bits per heavy atom. The molecule has 128 valence electrons. The van der Waals surface area contributed by atoms with Crippen LogP contribution in [0.15, 0.2) is 29.2 Å². The van der Waals surface area contributed by atoms with Gasteiger partial charge in [-0.15, -0.1) is 0 Å². The summed E-state index contributed by atoms with van der Waals surface area (Å²) < 4.78 is 5.35. The van der Waals surface area contributed by atoms with Crippen LogP contribution in [0, 0.1) is 0 Å². The number of ether oxygens (including phenoxy) is 1. The largest absolute Gasteiger partial charge is 0.390 e. The first-order valence-electron chi connectivity index (χ1n) is 7.83. The smallest absolute Gasteiger partial charge is 0.182 e. The summed E-state index contributed by atoms with van der Waals surface area (Å²) in [6.45, 7) is 8.26. The van der Waals surface area contributed by atoms with Crippen molar-refractivity contribution in [2.45, 2.75) is 42.7 Å². The molecule has 0 amide bonds. The Bertz CT molecular complexity index is 524. The minimum Gasteiger partial charge on any atom is -0.390 e. The third-order valence-electron chi connectivity index (χ3n) is 4.14. The van der Waals surface area contributed by atoms with Crippen LogP contribution in [-0.4, -0.2) is 64.3 Å². The zero-order chi connectivity index (χ0) is 17.0. The van der Waals surface area contributed by atoms with Crippen LogP contribution >= 0.6 is 11.8 Å². The Morgan fingerprint density at radius 1 is 1.22 bits per heavy atom. The van der Waals surface area contributed by atoms with Gasteiger partial charge in [0.25, 0.3) is 0 Å². The molecular weight excluding hydrogens is 314 g/mol. The number of hydrogen-bond donors (Lipinski definition) is 2. The highest BCUT2D eigenvalue weighted by Crippen LogP contribution is 2.26. The SMILES string of the molecule is CC(O)C(O)Sc1ccc(C(=O)C(C)(C)N2CCOCC2)cc1. The van der Waals surface area contributed by atoms with Crippen molar-refractivity contribution in [2.75, 3.05) is 26.3 Å². The zero-order valence-corrected chi connectivity index (χ0v) is 14.7. The normalized spacial score (nSPS) is 19.3. The molecule has 0 aliphatic carbocycles. The van der Waals surface area contributed by atoms with E-state index in [1.165, 1.54) is 11.8 Å². The molecule has 2 N–H and O–H groups in total. The Morgan fingerprint density at radius 2 is 1.78 bits per heavy atom. The van der Waals surface area contributed by atoms with Crippen LogP contribution < -0.4 is 0 Å². The molecule has 23 heavy (non-hydrogen) atoms. The minimum absolute atomic E-state index is 0.0759. The van der Waals surface area contributed by atoms with E-state index in [2.05, 4.69) is 4.90 Å². The van der Waals surface area contributed by atoms with Gasteiger partial charge in [-0.2, -0.15) is 0 Å². The number of benzene rings is 1. The number of nitrogens with zero attached hydrogens (tertiary/aromatic N) is 1. The molecule has 2 rings (SSSR count). The van der Waals surface area contributed by atoms with Crippen molar-refractivity contribution in [3.05, 3.63) is 29.8 Å². The van der Waals surface area contributed by atoms with E-state index < -0.39 is 17.1 Å². The molecule has 1 aromatic carbocycles. The Labute approximate surface area is 141 Å². The number of rotatable bonds is 6. The van der Waals surface area contributed by atoms with Gasteiger partial charge in [-0.05, 0) is 32.9 Å². The number of morpholine rings is 1. The summed E-state index contributed by atoms with van der Waals surface area (Å²) in [5.41, 5.74) is -0.795. The molecule has 0 radical (unpaired) electrons. The Balaban J connectivity index is 2.07. The molecule has 0 saturated carbocycles. The van der Waals surface area contributed by atoms with Gasteiger partial charge in [-0.1, -0.05) is 23.9 Å². The van der Waals surface area contributed by atoms with Crippen LogP contribution in [0.2, 0.25) is 0 Å². The summed E-state index contributed by atoms with van der Waals surface area (Å²) in [7, 11) is 0. The van der Waals surface area contributed by atoms with E-state index in [1.54, 1.807) is 31.2 Å². The molecule has 1 aromatic rings. The molecular formula is C17H25NO4S. The first kappa shape index (κ1) is 18.4. The first-order valence-corrected chi connectivity index (χ1v) is 8.71. The van der Waals surface area contributed by atoms with Gasteiger partial charge in [0, 0.05) is 23.5 Å². The van der Waals surface area contributed by atoms with Crippen LogP contribution in [-0.2, 0) is 4.74 Å². The van der Waals surface area contributed by atoms with Crippen molar-refractivity contribution < 1.29 is 19.7 Å². The number of aliphatic hydroxyl groups is 2. The predicted molar refractivity (Wildman–Crippen MR) is 90.8 cm³/mol. The molecule has 1 aliphatic heterocycles. The van der Waals surface area contributed by atoms with E-state index in [-0.39, 0.29) is 5.78 Å². The number of carbonyl (C=O) groups excluding carboxylic acids is 1. The summed E-state index contributed by atoms with van der Waals surface area (Å²) in [6.07, 6.45) is -0.804. The predicted octanol–water partition coefficient (Wildman–Crippen LogP) is 1.77. The topological polar surface area (TPSA) is 70.0 Å². The summed E-state index contributed by atoms with van der Waals surface area (Å²) in [6, 6.07) is 7.17. The average Bonchev–Trinajstić information content (AvgIpc) is 2.55. The Hall–Kier alpha value is -0.920. The molecule has 5 nitrogen and oxygen atoms in total. The number of ketones is 1. The van der Waals surface area contributed by atoms with Gasteiger partial charge in [-0.3, -0.25) is 9.69 Å². The van der Waals surface area contributed by atoms with E-state index in [1.807, 2.05) is 13.8 Å². The molecule has 6 heteroatoms. The molecule has 0 spiro atoms. The summed E-state index contributed by atoms with van der Waals surface area (Å²) in [4.78, 5) is 15.8. The van der Waals surface area contributed by atoms with Crippen LogP contribution in [0.1, 0.15) is 31.1 Å². The number of Topliss-reactive ketones (excluding diaryl/α,β-unsaturated/α-hetero) is 1. The number of hydrogen-bond acceptors (Lipinski definition) is 6. The van der Waals surface area contributed by atoms with Crippen molar-refractivity contribution in [3.8, 4) is 0 Å². The van der Waals surface area contributed by atoms with E-state index in [0.29, 0.717) is 18.8 Å². The second-order valence-corrected chi connectivity index (χ2v) is 7.45. The lowest BCUT2D eigenvalue weighted by Gasteiger charge is -2.39. The number of carbonyl (C=O) groups is 1. The van der Waals surface area contributed by atoms with Gasteiger partial charge in [0.15, 0.2) is 5.78 Å². The third-order valence-corrected chi connectivity index (χ3v) is 5.32. The van der Waals surface area contributed by atoms with Gasteiger partial charge < -0.3 is 14.9 Å². The molecule has 1 saturated heterocycles. The van der Waals surface area contributed by atoms with Crippen molar-refractivity contribution in [1.82, 2.24) is 4.90 Å². The van der Waals surface area contributed by atoms with Gasteiger partial charge in [0.2, 0.25) is 0 Å². The van der Waals surface area contributed by atoms with E-state index in [0.717, 1.165) is 18.0 Å². The monoisotopic (exact) mass is 339 g/mol. The first-order chi connectivity index (χ1) is 10.8. The van der Waals surface area contributed by atoms with E-state index in [4.69, 9.17) is 4.74 Å². The lowest BCUT2D eigenvalue weighted by molar-refractivity contribution is -0.00430. The molecule has 2 atom stereocenters. The fourth-order valence-corrected chi connectivity index (χ4v) is 3.31. The molecule has 2 unspecified atom stereocenters. The van der Waals surface area contributed by atoms with Crippen LogP contribution in [0.3, 0.4) is 0 Å². The second kappa shape index (κ2) is 7.77. The number of aliphatic hydroxyl groups excluding tert-OH is 2. The van der Waals surface area contributed by atoms with Gasteiger partial charge >= 0.3 is 0 Å². The summed E-state index contributed by atoms with van der Waals surface area (Å²) in [5.74, 6) is 0.0759. The quantitative estimate of drug-likeness (QED) is 0.468. The highest BCUT2D eigenvalue weighted by molar-refractivity contribution is 7.99. The highest BCUT2D eigenvalue weighted by Gasteiger charge is 2.35. The zero-order valence-electron chi connectivity index (χ0n) is 13.9. The Kier molecular flexibility index (Phi) is 6.22. The highest BCUT2D eigenvalue weighted by atomic mass is 32.2. The van der Waals surface area contributed by atoms with Crippen LogP contribution in [0.4, 0.5) is 0 Å². The lowest BCUT2D eigenvalue weighted by Crippen LogP contribution is -2.54. The average molecular weight is 339 g/mol. The molecule has 0 bridgehead atoms. The minimum atomic E-state index is -0.874. The fraction of sp³-hybridized carbons (Fsp3) is 0.588. The van der Waals surface area contributed by atoms with Gasteiger partial charge in [-0.25, -0.2) is 0 Å². The van der Waals surface area contributed by atoms with Crippen molar-refractivity contribution >= 4 is 17.5 Å². The van der Waals surface area contributed by atoms with Gasteiger partial charge in [0.1, 0.15) is 5.44 Å². The summed E-state index contributed by atoms with van der Waals surface area (Å²) >= 11 is 1.17. The van der Waals surface area contributed by atoms with Crippen molar-refractivity contribution in [2.24, 2.45) is 0 Å². The van der Waals surface area contributed by atoms with E-state index in [9.17, 15) is 15.0 Å². The molecule has 1 aliphatic rings. The van der Waals surface area contributed by atoms with Crippen LogP contribution in [0.25, 0.3) is 0 Å². The maximum Gasteiger partial charge on any atom is 0.182 e. The number of thioether (sulfide) groups is 1. The van der Waals surface area contributed by atoms with Gasteiger partial charge in [0.05, 0.1) is 24.9 Å².